The van der Waals surface area contributed by atoms with Crippen LogP contribution in [0.3, 0.4) is 0 Å². The lowest BCUT2D eigenvalue weighted by molar-refractivity contribution is 0.0219. The van der Waals surface area contributed by atoms with E-state index in [9.17, 15) is 0 Å². The number of rotatable bonds is 0. The van der Waals surface area contributed by atoms with E-state index in [2.05, 4.69) is 26.8 Å². The van der Waals surface area contributed by atoms with Gasteiger partial charge in [-0.2, -0.15) is 0 Å². The van der Waals surface area contributed by atoms with Gasteiger partial charge < -0.3 is 4.74 Å². The molecule has 2 rings (SSSR count). The van der Waals surface area contributed by atoms with Crippen molar-refractivity contribution >= 4 is 0 Å². The van der Waals surface area contributed by atoms with Crippen molar-refractivity contribution in [3.8, 4) is 0 Å². The molecule has 0 aromatic heterocycles. The van der Waals surface area contributed by atoms with Crippen LogP contribution in [-0.4, -0.2) is 6.61 Å². The van der Waals surface area contributed by atoms with Crippen LogP contribution in [0.4, 0.5) is 0 Å². The van der Waals surface area contributed by atoms with Gasteiger partial charge in [0, 0.05) is 5.92 Å². The Morgan fingerprint density at radius 2 is 2.15 bits per heavy atom. The summed E-state index contributed by atoms with van der Waals surface area (Å²) < 4.78 is 5.75. The molecule has 0 N–H and O–H groups in total. The predicted octanol–water partition coefficient (Wildman–Crippen LogP) is 3.36. The summed E-state index contributed by atoms with van der Waals surface area (Å²) in [6.07, 6.45) is 6.21. The number of allylic oxidation sites excluding steroid dienone is 2. The lowest BCUT2D eigenvalue weighted by atomic mass is 9.68. The van der Waals surface area contributed by atoms with Crippen LogP contribution in [0.2, 0.25) is 0 Å². The smallest absolute Gasteiger partial charge is 0.0958 e. The van der Waals surface area contributed by atoms with Gasteiger partial charge in [0.15, 0.2) is 0 Å². The largest absolute Gasteiger partial charge is 0.498 e. The van der Waals surface area contributed by atoms with E-state index >= 15 is 0 Å². The van der Waals surface area contributed by atoms with E-state index in [0.29, 0.717) is 11.3 Å². The molecule has 0 aromatic rings. The molecule has 0 radical (unpaired) electrons. The fourth-order valence-electron chi connectivity index (χ4n) is 2.58. The second-order valence-corrected chi connectivity index (χ2v) is 5.26. The second kappa shape index (κ2) is 3.04. The fourth-order valence-corrected chi connectivity index (χ4v) is 2.58. The van der Waals surface area contributed by atoms with Crippen molar-refractivity contribution < 1.29 is 4.74 Å². The highest BCUT2D eigenvalue weighted by atomic mass is 16.5. The first-order chi connectivity index (χ1) is 6.09. The summed E-state index contributed by atoms with van der Waals surface area (Å²) in [6.45, 7) is 7.96. The standard InChI is InChI=1S/C12H20O/c1-9-4-5-10-11(8-9)13-7-6-12(10,2)3/h8-10H,4-7H2,1-3H3. The highest BCUT2D eigenvalue weighted by molar-refractivity contribution is 5.11. The molecule has 1 heterocycles. The summed E-state index contributed by atoms with van der Waals surface area (Å²) in [4.78, 5) is 0. The maximum Gasteiger partial charge on any atom is 0.0958 e. The molecule has 1 aliphatic carbocycles. The molecule has 0 aromatic carbocycles. The molecule has 2 unspecified atom stereocenters. The Balaban J connectivity index is 2.23. The van der Waals surface area contributed by atoms with Crippen LogP contribution < -0.4 is 0 Å². The van der Waals surface area contributed by atoms with E-state index in [4.69, 9.17) is 4.74 Å². The Bertz CT molecular complexity index is 227. The number of hydrogen-bond acceptors (Lipinski definition) is 1. The molecular weight excluding hydrogens is 160 g/mol. The number of fused-ring (bicyclic) bond motifs is 1. The Kier molecular flexibility index (Phi) is 2.13. The van der Waals surface area contributed by atoms with Gasteiger partial charge in [-0.3, -0.25) is 0 Å². The normalized spacial score (nSPS) is 37.3. The summed E-state index contributed by atoms with van der Waals surface area (Å²) in [6, 6.07) is 0. The minimum absolute atomic E-state index is 0.463. The Hall–Kier alpha value is -0.460. The van der Waals surface area contributed by atoms with Crippen LogP contribution >= 0.6 is 0 Å². The van der Waals surface area contributed by atoms with Gasteiger partial charge in [-0.25, -0.2) is 0 Å². The van der Waals surface area contributed by atoms with E-state index in [-0.39, 0.29) is 0 Å². The molecule has 0 bridgehead atoms. The lowest BCUT2D eigenvalue weighted by Gasteiger charge is -2.43. The third-order valence-corrected chi connectivity index (χ3v) is 3.66. The van der Waals surface area contributed by atoms with Gasteiger partial charge in [-0.15, -0.1) is 0 Å². The number of hydrogen-bond donors (Lipinski definition) is 0. The van der Waals surface area contributed by atoms with E-state index in [1.807, 2.05) is 0 Å². The molecule has 74 valence electrons. The molecule has 0 saturated carbocycles. The van der Waals surface area contributed by atoms with Crippen molar-refractivity contribution in [2.45, 2.75) is 40.0 Å². The lowest BCUT2D eigenvalue weighted by Crippen LogP contribution is -2.35. The quantitative estimate of drug-likeness (QED) is 0.555. The van der Waals surface area contributed by atoms with Gasteiger partial charge in [-0.1, -0.05) is 20.8 Å². The molecular formula is C12H20O. The summed E-state index contributed by atoms with van der Waals surface area (Å²) in [5.41, 5.74) is 0.463. The van der Waals surface area contributed by atoms with Crippen LogP contribution in [0.1, 0.15) is 40.0 Å². The first-order valence-corrected chi connectivity index (χ1v) is 5.44. The summed E-state index contributed by atoms with van der Waals surface area (Å²) >= 11 is 0. The van der Waals surface area contributed by atoms with Gasteiger partial charge >= 0.3 is 0 Å². The van der Waals surface area contributed by atoms with E-state index in [0.717, 1.165) is 12.5 Å². The molecule has 2 aliphatic rings. The van der Waals surface area contributed by atoms with Crippen molar-refractivity contribution in [3.05, 3.63) is 11.8 Å². The van der Waals surface area contributed by atoms with Crippen molar-refractivity contribution in [2.75, 3.05) is 6.61 Å². The molecule has 1 saturated heterocycles. The third kappa shape index (κ3) is 1.61. The zero-order chi connectivity index (χ0) is 9.47. The van der Waals surface area contributed by atoms with Gasteiger partial charge in [0.05, 0.1) is 12.4 Å². The zero-order valence-electron chi connectivity index (χ0n) is 8.97. The maximum atomic E-state index is 5.75. The van der Waals surface area contributed by atoms with E-state index in [1.165, 1.54) is 25.0 Å². The van der Waals surface area contributed by atoms with E-state index in [1.54, 1.807) is 0 Å². The van der Waals surface area contributed by atoms with Gasteiger partial charge in [0.2, 0.25) is 0 Å². The Morgan fingerprint density at radius 3 is 2.92 bits per heavy atom. The van der Waals surface area contributed by atoms with Gasteiger partial charge in [0.25, 0.3) is 0 Å². The summed E-state index contributed by atoms with van der Waals surface area (Å²) in [7, 11) is 0. The SMILES string of the molecule is CC1C=C2OCCC(C)(C)C2CC1. The molecule has 1 fully saturated rings. The first-order valence-electron chi connectivity index (χ1n) is 5.44. The zero-order valence-corrected chi connectivity index (χ0v) is 8.97. The maximum absolute atomic E-state index is 5.75. The second-order valence-electron chi connectivity index (χ2n) is 5.26. The van der Waals surface area contributed by atoms with E-state index < -0.39 is 0 Å². The van der Waals surface area contributed by atoms with Crippen LogP contribution in [0.5, 0.6) is 0 Å². The van der Waals surface area contributed by atoms with Gasteiger partial charge in [-0.05, 0) is 36.7 Å². The molecule has 0 spiro atoms. The van der Waals surface area contributed by atoms with Crippen molar-refractivity contribution in [2.24, 2.45) is 17.3 Å². The molecule has 13 heavy (non-hydrogen) atoms. The predicted molar refractivity (Wildman–Crippen MR) is 54.3 cm³/mol. The first kappa shape index (κ1) is 9.11. The van der Waals surface area contributed by atoms with Crippen LogP contribution in [0.25, 0.3) is 0 Å². The molecule has 2 atom stereocenters. The Labute approximate surface area is 81.2 Å². The molecule has 1 nitrogen and oxygen atoms in total. The van der Waals surface area contributed by atoms with Gasteiger partial charge in [0.1, 0.15) is 0 Å². The van der Waals surface area contributed by atoms with Crippen LogP contribution in [0.15, 0.2) is 11.8 Å². The van der Waals surface area contributed by atoms with Crippen molar-refractivity contribution in [1.29, 1.82) is 0 Å². The van der Waals surface area contributed by atoms with Crippen LogP contribution in [-0.2, 0) is 4.74 Å². The Morgan fingerprint density at radius 1 is 1.38 bits per heavy atom. The monoisotopic (exact) mass is 180 g/mol. The third-order valence-electron chi connectivity index (χ3n) is 3.66. The molecule has 1 heteroatoms. The minimum atomic E-state index is 0.463. The molecule has 0 amide bonds. The average molecular weight is 180 g/mol. The average Bonchev–Trinajstić information content (AvgIpc) is 2.02. The van der Waals surface area contributed by atoms with Crippen molar-refractivity contribution in [1.82, 2.24) is 0 Å². The number of ether oxygens (including phenoxy) is 1. The minimum Gasteiger partial charge on any atom is -0.498 e. The van der Waals surface area contributed by atoms with Crippen LogP contribution in [0, 0.1) is 17.3 Å². The van der Waals surface area contributed by atoms with Crippen molar-refractivity contribution in [3.63, 3.8) is 0 Å². The summed E-state index contributed by atoms with van der Waals surface area (Å²) in [5, 5.41) is 0. The highest BCUT2D eigenvalue weighted by Crippen LogP contribution is 2.46. The highest BCUT2D eigenvalue weighted by Gasteiger charge is 2.38. The molecule has 1 aliphatic heterocycles. The fraction of sp³-hybridized carbons (Fsp3) is 0.833. The summed E-state index contributed by atoms with van der Waals surface area (Å²) in [5.74, 6) is 2.70. The topological polar surface area (TPSA) is 9.23 Å².